The number of amidine groups is 1. The van der Waals surface area contributed by atoms with E-state index in [1.54, 1.807) is 32.2 Å². The van der Waals surface area contributed by atoms with Crippen LogP contribution in [0.3, 0.4) is 0 Å². The number of hydrogen-bond donors (Lipinski definition) is 3. The highest BCUT2D eigenvalue weighted by Crippen LogP contribution is 2.27. The molecule has 0 saturated carbocycles. The van der Waals surface area contributed by atoms with E-state index in [0.29, 0.717) is 16.5 Å². The van der Waals surface area contributed by atoms with Crippen molar-refractivity contribution in [2.24, 2.45) is 10.9 Å². The number of methoxy groups -OCH3 is 1. The molecule has 0 aliphatic carbocycles. The van der Waals surface area contributed by atoms with Crippen molar-refractivity contribution in [3.05, 3.63) is 23.2 Å². The normalized spacial score (nSPS) is 13.3. The molecule has 0 radical (unpaired) electrons. The van der Waals surface area contributed by atoms with Crippen LogP contribution in [0.4, 0.5) is 5.69 Å². The minimum absolute atomic E-state index is 0.0823. The molecular weight excluding hydrogens is 230 g/mol. The Hall–Kier alpha value is -1.62. The fourth-order valence-electron chi connectivity index (χ4n) is 1.14. The highest BCUT2D eigenvalue weighted by Gasteiger charge is 2.10. The van der Waals surface area contributed by atoms with Crippen molar-refractivity contribution in [3.8, 4) is 5.75 Å². The molecule has 1 unspecified atom stereocenters. The lowest BCUT2D eigenvalue weighted by Gasteiger charge is -2.15. The van der Waals surface area contributed by atoms with Gasteiger partial charge in [0.05, 0.1) is 23.9 Å². The fraction of sp³-hybridized carbons (Fsp3) is 0.300. The third-order valence-electron chi connectivity index (χ3n) is 2.10. The first kappa shape index (κ1) is 12.4. The first-order valence-electron chi connectivity index (χ1n) is 4.66. The van der Waals surface area contributed by atoms with Crippen molar-refractivity contribution >= 4 is 23.1 Å². The summed E-state index contributed by atoms with van der Waals surface area (Å²) >= 11 is 5.98. The summed E-state index contributed by atoms with van der Waals surface area (Å²) in [7, 11) is 1.57. The molecule has 0 aliphatic rings. The number of nitrogens with one attached hydrogen (secondary N) is 1. The number of nitrogens with two attached hydrogens (primary N) is 1. The van der Waals surface area contributed by atoms with Crippen molar-refractivity contribution in [1.82, 2.24) is 0 Å². The number of hydrogen-bond acceptors (Lipinski definition) is 4. The zero-order valence-corrected chi connectivity index (χ0v) is 9.82. The lowest BCUT2D eigenvalue weighted by molar-refractivity contribution is 0.316. The Kier molecular flexibility index (Phi) is 4.25. The van der Waals surface area contributed by atoms with E-state index in [2.05, 4.69) is 10.5 Å². The molecule has 1 aromatic rings. The minimum atomic E-state index is -0.324. The topological polar surface area (TPSA) is 79.9 Å². The standard InChI is InChI=1S/C10H14ClN3O2/c1-6(10(12)14-15)13-9-5-7(16-2)3-4-8(9)11/h3-6,13,15H,1-2H3,(H2,12,14). The van der Waals surface area contributed by atoms with Gasteiger partial charge in [0.25, 0.3) is 0 Å². The van der Waals surface area contributed by atoms with Gasteiger partial charge < -0.3 is 21.0 Å². The number of nitrogens with zero attached hydrogens (tertiary/aromatic N) is 1. The van der Waals surface area contributed by atoms with Crippen LogP contribution >= 0.6 is 11.6 Å². The molecule has 5 nitrogen and oxygen atoms in total. The Morgan fingerprint density at radius 2 is 2.31 bits per heavy atom. The average Bonchev–Trinajstić information content (AvgIpc) is 2.30. The lowest BCUT2D eigenvalue weighted by Crippen LogP contribution is -2.32. The highest BCUT2D eigenvalue weighted by atomic mass is 35.5. The van der Waals surface area contributed by atoms with Crippen molar-refractivity contribution < 1.29 is 9.94 Å². The van der Waals surface area contributed by atoms with E-state index in [4.69, 9.17) is 27.3 Å². The summed E-state index contributed by atoms with van der Waals surface area (Å²) in [5, 5.41) is 15.0. The van der Waals surface area contributed by atoms with Gasteiger partial charge in [0.15, 0.2) is 5.84 Å². The zero-order valence-electron chi connectivity index (χ0n) is 9.07. The van der Waals surface area contributed by atoms with E-state index in [1.807, 2.05) is 0 Å². The van der Waals surface area contributed by atoms with Crippen LogP contribution in [0.15, 0.2) is 23.4 Å². The second kappa shape index (κ2) is 5.46. The molecule has 0 aromatic heterocycles. The van der Waals surface area contributed by atoms with Crippen LogP contribution in [0.25, 0.3) is 0 Å². The second-order valence-corrected chi connectivity index (χ2v) is 3.64. The quantitative estimate of drug-likeness (QED) is 0.327. The van der Waals surface area contributed by atoms with Gasteiger partial charge in [-0.05, 0) is 19.1 Å². The molecule has 0 spiro atoms. The third kappa shape index (κ3) is 2.93. The van der Waals surface area contributed by atoms with Crippen LogP contribution in [-0.2, 0) is 0 Å². The van der Waals surface area contributed by atoms with Crippen molar-refractivity contribution in [2.75, 3.05) is 12.4 Å². The Morgan fingerprint density at radius 3 is 2.88 bits per heavy atom. The molecule has 1 atom stereocenters. The average molecular weight is 244 g/mol. The van der Waals surface area contributed by atoms with Gasteiger partial charge >= 0.3 is 0 Å². The molecule has 0 bridgehead atoms. The highest BCUT2D eigenvalue weighted by molar-refractivity contribution is 6.33. The summed E-state index contributed by atoms with van der Waals surface area (Å²) in [6.07, 6.45) is 0. The van der Waals surface area contributed by atoms with E-state index >= 15 is 0 Å². The summed E-state index contributed by atoms with van der Waals surface area (Å²) in [6.45, 7) is 1.75. The molecule has 4 N–H and O–H groups in total. The summed E-state index contributed by atoms with van der Waals surface area (Å²) in [4.78, 5) is 0. The molecule has 0 aliphatic heterocycles. The van der Waals surface area contributed by atoms with E-state index in [1.165, 1.54) is 0 Å². The van der Waals surface area contributed by atoms with Crippen molar-refractivity contribution in [2.45, 2.75) is 13.0 Å². The van der Waals surface area contributed by atoms with Crippen molar-refractivity contribution in [1.29, 1.82) is 0 Å². The van der Waals surface area contributed by atoms with Gasteiger partial charge in [-0.3, -0.25) is 0 Å². The van der Waals surface area contributed by atoms with E-state index in [9.17, 15) is 0 Å². The lowest BCUT2D eigenvalue weighted by atomic mass is 10.2. The molecule has 0 saturated heterocycles. The molecule has 0 fully saturated rings. The maximum atomic E-state index is 8.52. The first-order chi connectivity index (χ1) is 7.58. The Bertz CT molecular complexity index is 396. The van der Waals surface area contributed by atoms with Crippen LogP contribution in [0.1, 0.15) is 6.92 Å². The van der Waals surface area contributed by atoms with E-state index < -0.39 is 0 Å². The summed E-state index contributed by atoms with van der Waals surface area (Å²) in [5.41, 5.74) is 6.11. The molecule has 16 heavy (non-hydrogen) atoms. The maximum absolute atomic E-state index is 8.52. The van der Waals surface area contributed by atoms with Gasteiger partial charge in [0.1, 0.15) is 5.75 Å². The van der Waals surface area contributed by atoms with Crippen LogP contribution in [0, 0.1) is 0 Å². The molecule has 0 heterocycles. The molecule has 1 aromatic carbocycles. The summed E-state index contributed by atoms with van der Waals surface area (Å²) < 4.78 is 5.07. The number of ether oxygens (including phenoxy) is 1. The number of anilines is 1. The van der Waals surface area contributed by atoms with Gasteiger partial charge in [-0.25, -0.2) is 0 Å². The molecule has 88 valence electrons. The minimum Gasteiger partial charge on any atom is -0.497 e. The summed E-state index contributed by atoms with van der Waals surface area (Å²) in [5.74, 6) is 0.762. The number of benzene rings is 1. The van der Waals surface area contributed by atoms with Gasteiger partial charge in [0.2, 0.25) is 0 Å². The largest absolute Gasteiger partial charge is 0.497 e. The molecule has 6 heteroatoms. The SMILES string of the molecule is COc1ccc(Cl)c(NC(C)C(N)=NO)c1. The number of oxime groups is 1. The predicted octanol–water partition coefficient (Wildman–Crippen LogP) is 1.90. The Balaban J connectivity index is 2.87. The van der Waals surface area contributed by atoms with Crippen LogP contribution in [0.5, 0.6) is 5.75 Å². The van der Waals surface area contributed by atoms with Crippen LogP contribution in [0.2, 0.25) is 5.02 Å². The van der Waals surface area contributed by atoms with Gasteiger partial charge in [0, 0.05) is 6.07 Å². The van der Waals surface area contributed by atoms with E-state index in [0.717, 1.165) is 0 Å². The monoisotopic (exact) mass is 243 g/mol. The molecular formula is C10H14ClN3O2. The fourth-order valence-corrected chi connectivity index (χ4v) is 1.31. The number of halogens is 1. The molecule has 0 amide bonds. The Morgan fingerprint density at radius 1 is 1.62 bits per heavy atom. The van der Waals surface area contributed by atoms with Gasteiger partial charge in [-0.15, -0.1) is 0 Å². The second-order valence-electron chi connectivity index (χ2n) is 3.24. The van der Waals surface area contributed by atoms with E-state index in [-0.39, 0.29) is 11.9 Å². The number of rotatable bonds is 4. The Labute approximate surface area is 98.8 Å². The molecule has 1 rings (SSSR count). The van der Waals surface area contributed by atoms with Crippen molar-refractivity contribution in [3.63, 3.8) is 0 Å². The maximum Gasteiger partial charge on any atom is 0.161 e. The van der Waals surface area contributed by atoms with Gasteiger partial charge in [-0.1, -0.05) is 16.8 Å². The third-order valence-corrected chi connectivity index (χ3v) is 2.43. The summed E-state index contributed by atoms with van der Waals surface area (Å²) in [6, 6.07) is 4.88. The van der Waals surface area contributed by atoms with Crippen LogP contribution < -0.4 is 15.8 Å². The predicted molar refractivity (Wildman–Crippen MR) is 64.5 cm³/mol. The van der Waals surface area contributed by atoms with Gasteiger partial charge in [-0.2, -0.15) is 0 Å². The zero-order chi connectivity index (χ0) is 12.1. The van der Waals surface area contributed by atoms with Crippen LogP contribution in [-0.4, -0.2) is 24.2 Å². The first-order valence-corrected chi connectivity index (χ1v) is 5.03. The smallest absolute Gasteiger partial charge is 0.161 e.